The lowest BCUT2D eigenvalue weighted by atomic mass is 9.89. The number of carbonyl (C=O) groups is 1. The summed E-state index contributed by atoms with van der Waals surface area (Å²) in [5.74, 6) is 0.961. The number of methoxy groups -OCH3 is 1. The fourth-order valence-electron chi connectivity index (χ4n) is 4.04. The van der Waals surface area contributed by atoms with Gasteiger partial charge in [-0.1, -0.05) is 11.8 Å². The van der Waals surface area contributed by atoms with Gasteiger partial charge in [-0.2, -0.15) is 10.1 Å². The van der Waals surface area contributed by atoms with E-state index < -0.39 is 0 Å². The number of fused-ring (bicyclic) bond motifs is 2. The summed E-state index contributed by atoms with van der Waals surface area (Å²) in [6.45, 7) is 0.578. The topological polar surface area (TPSA) is 68.8 Å². The van der Waals surface area contributed by atoms with Crippen LogP contribution in [0.3, 0.4) is 0 Å². The number of amides is 1. The highest BCUT2D eigenvalue weighted by molar-refractivity contribution is 8.17. The van der Waals surface area contributed by atoms with Crippen molar-refractivity contribution >= 4 is 28.5 Å². The zero-order valence-electron chi connectivity index (χ0n) is 15.6. The lowest BCUT2D eigenvalue weighted by molar-refractivity contribution is -0.118. The van der Waals surface area contributed by atoms with Crippen molar-refractivity contribution in [3.63, 3.8) is 0 Å². The van der Waals surface area contributed by atoms with Crippen molar-refractivity contribution in [2.24, 2.45) is 15.9 Å². The van der Waals surface area contributed by atoms with E-state index in [9.17, 15) is 4.79 Å². The molecule has 3 heterocycles. The Kier molecular flexibility index (Phi) is 4.39. The first-order chi connectivity index (χ1) is 13.7. The summed E-state index contributed by atoms with van der Waals surface area (Å²) in [5, 5.41) is 5.16. The third kappa shape index (κ3) is 2.99. The molecule has 28 heavy (non-hydrogen) atoms. The zero-order chi connectivity index (χ0) is 19.1. The molecule has 1 atom stereocenters. The average Bonchev–Trinajstić information content (AvgIpc) is 3.35. The second-order valence-electron chi connectivity index (χ2n) is 7.14. The second-order valence-corrected chi connectivity index (χ2v) is 8.26. The molecule has 142 valence electrons. The van der Waals surface area contributed by atoms with Crippen molar-refractivity contribution in [1.29, 1.82) is 0 Å². The Morgan fingerprint density at radius 1 is 1.25 bits per heavy atom. The molecule has 0 saturated heterocycles. The molecule has 1 amide bonds. The summed E-state index contributed by atoms with van der Waals surface area (Å²) in [6.07, 6.45) is 8.07. The normalized spacial score (nSPS) is 21.2. The van der Waals surface area contributed by atoms with E-state index in [2.05, 4.69) is 10.1 Å². The largest absolute Gasteiger partial charge is 0.496 e. The van der Waals surface area contributed by atoms with Crippen molar-refractivity contribution < 1.29 is 9.53 Å². The van der Waals surface area contributed by atoms with E-state index in [0.717, 1.165) is 41.2 Å². The molecule has 2 aliphatic heterocycles. The predicted octanol–water partition coefficient (Wildman–Crippen LogP) is 3.82. The smallest absolute Gasteiger partial charge is 0.261 e. The Bertz CT molecular complexity index is 1040. The Morgan fingerprint density at radius 3 is 2.96 bits per heavy atom. The van der Waals surface area contributed by atoms with E-state index in [-0.39, 0.29) is 11.8 Å². The molecular weight excluding hydrogens is 372 g/mol. The van der Waals surface area contributed by atoms with Gasteiger partial charge in [0.1, 0.15) is 11.7 Å². The molecule has 3 aliphatic rings. The number of aromatic nitrogens is 2. The third-order valence-electron chi connectivity index (χ3n) is 5.39. The molecule has 0 bridgehead atoms. The number of hydrogen-bond acceptors (Lipinski definition) is 5. The highest BCUT2D eigenvalue weighted by Gasteiger charge is 2.40. The van der Waals surface area contributed by atoms with Crippen LogP contribution in [-0.4, -0.2) is 33.7 Å². The van der Waals surface area contributed by atoms with Crippen molar-refractivity contribution in [3.8, 4) is 5.75 Å². The molecule has 0 fully saturated rings. The molecule has 5 rings (SSSR count). The highest BCUT2D eigenvalue weighted by Crippen LogP contribution is 2.47. The molecule has 7 heteroatoms. The molecule has 0 spiro atoms. The van der Waals surface area contributed by atoms with Crippen LogP contribution in [0.15, 0.2) is 57.1 Å². The standard InChI is InChI=1S/C21H20N4O2S/c1-27-16-8-7-13(11-14(16)12-25-10-4-9-22-25)19-23-20(26)18-15-5-2-3-6-17(15)28-21(18)24-19/h4,7-11,18H,2-3,5-6,12H2,1H3. The van der Waals surface area contributed by atoms with Crippen molar-refractivity contribution in [2.45, 2.75) is 32.2 Å². The summed E-state index contributed by atoms with van der Waals surface area (Å²) in [7, 11) is 1.65. The number of thioether (sulfide) groups is 1. The lowest BCUT2D eigenvalue weighted by Gasteiger charge is -2.18. The SMILES string of the molecule is COc1ccc(C2=NC(=O)C3C(=N2)SC2=C3CCCC2)cc1Cn1cccn1. The number of hydrogen-bond donors (Lipinski definition) is 0. The Balaban J connectivity index is 1.48. The second kappa shape index (κ2) is 7.05. The molecule has 6 nitrogen and oxygen atoms in total. The van der Waals surface area contributed by atoms with Gasteiger partial charge < -0.3 is 4.74 Å². The fraction of sp³-hybridized carbons (Fsp3) is 0.333. The maximum Gasteiger partial charge on any atom is 0.261 e. The minimum atomic E-state index is -0.231. The first-order valence-corrected chi connectivity index (χ1v) is 10.3. The van der Waals surface area contributed by atoms with Crippen LogP contribution in [0.2, 0.25) is 0 Å². The zero-order valence-corrected chi connectivity index (χ0v) is 16.4. The molecule has 1 aromatic carbocycles. The minimum Gasteiger partial charge on any atom is -0.496 e. The molecule has 1 unspecified atom stereocenters. The van der Waals surface area contributed by atoms with Crippen LogP contribution in [0.4, 0.5) is 0 Å². The lowest BCUT2D eigenvalue weighted by Crippen LogP contribution is -2.26. The third-order valence-corrected chi connectivity index (χ3v) is 6.64. The summed E-state index contributed by atoms with van der Waals surface area (Å²) in [4.78, 5) is 23.3. The van der Waals surface area contributed by atoms with Gasteiger partial charge in [0.2, 0.25) is 0 Å². The van der Waals surface area contributed by atoms with E-state index in [1.165, 1.54) is 16.9 Å². The van der Waals surface area contributed by atoms with Crippen molar-refractivity contribution in [2.75, 3.05) is 7.11 Å². The number of allylic oxidation sites excluding steroid dienone is 1. The van der Waals surface area contributed by atoms with Gasteiger partial charge in [-0.15, -0.1) is 0 Å². The molecule has 0 N–H and O–H groups in total. The van der Waals surface area contributed by atoms with Crippen LogP contribution < -0.4 is 4.74 Å². The molecule has 0 radical (unpaired) electrons. The number of carbonyl (C=O) groups excluding carboxylic acids is 1. The number of nitrogens with zero attached hydrogens (tertiary/aromatic N) is 4. The summed E-state index contributed by atoms with van der Waals surface area (Å²) in [5.41, 5.74) is 3.06. The Labute approximate surface area is 167 Å². The van der Waals surface area contributed by atoms with Gasteiger partial charge in [0.25, 0.3) is 5.91 Å². The van der Waals surface area contributed by atoms with Crippen LogP contribution in [0.5, 0.6) is 5.75 Å². The quantitative estimate of drug-likeness (QED) is 0.793. The van der Waals surface area contributed by atoms with E-state index in [4.69, 9.17) is 9.73 Å². The predicted molar refractivity (Wildman–Crippen MR) is 110 cm³/mol. The molecule has 2 aromatic rings. The molecule has 1 aliphatic carbocycles. The molecule has 0 saturated carbocycles. The van der Waals surface area contributed by atoms with Gasteiger partial charge >= 0.3 is 0 Å². The van der Waals surface area contributed by atoms with Crippen LogP contribution in [-0.2, 0) is 11.3 Å². The average molecular weight is 392 g/mol. The van der Waals surface area contributed by atoms with Crippen LogP contribution >= 0.6 is 11.8 Å². The first-order valence-electron chi connectivity index (χ1n) is 9.48. The number of rotatable bonds is 4. The highest BCUT2D eigenvalue weighted by atomic mass is 32.2. The minimum absolute atomic E-state index is 0.0798. The van der Waals surface area contributed by atoms with E-state index in [1.807, 2.05) is 35.1 Å². The monoisotopic (exact) mass is 392 g/mol. The first kappa shape index (κ1) is 17.4. The van der Waals surface area contributed by atoms with Gasteiger partial charge in [0, 0.05) is 23.5 Å². The van der Waals surface area contributed by atoms with Gasteiger partial charge in [-0.25, -0.2) is 4.99 Å². The summed E-state index contributed by atoms with van der Waals surface area (Å²) < 4.78 is 7.33. The maximum absolute atomic E-state index is 12.8. The van der Waals surface area contributed by atoms with Gasteiger partial charge in [-0.3, -0.25) is 9.48 Å². The van der Waals surface area contributed by atoms with Crippen LogP contribution in [0, 0.1) is 5.92 Å². The van der Waals surface area contributed by atoms with Crippen LogP contribution in [0.25, 0.3) is 0 Å². The van der Waals surface area contributed by atoms with E-state index in [1.54, 1.807) is 25.1 Å². The number of aliphatic imine (C=N–C) groups is 2. The van der Waals surface area contributed by atoms with Crippen molar-refractivity contribution in [3.05, 3.63) is 58.3 Å². The van der Waals surface area contributed by atoms with E-state index >= 15 is 0 Å². The Hall–Kier alpha value is -2.67. The Morgan fingerprint density at radius 2 is 2.14 bits per heavy atom. The number of ether oxygens (including phenoxy) is 1. The molecule has 1 aromatic heterocycles. The fourth-order valence-corrected chi connectivity index (χ4v) is 5.38. The molecular formula is C21H20N4O2S. The van der Waals surface area contributed by atoms with Gasteiger partial charge in [-0.05, 0) is 60.4 Å². The number of amidine groups is 1. The maximum atomic E-state index is 12.8. The summed E-state index contributed by atoms with van der Waals surface area (Å²) in [6, 6.07) is 7.69. The summed E-state index contributed by atoms with van der Waals surface area (Å²) >= 11 is 1.69. The van der Waals surface area contributed by atoms with Gasteiger partial charge in [0.05, 0.1) is 18.7 Å². The van der Waals surface area contributed by atoms with Gasteiger partial charge in [0.15, 0.2) is 5.84 Å². The number of benzene rings is 1. The van der Waals surface area contributed by atoms with Crippen LogP contribution in [0.1, 0.15) is 36.8 Å². The van der Waals surface area contributed by atoms with E-state index in [0.29, 0.717) is 12.4 Å². The van der Waals surface area contributed by atoms with Crippen molar-refractivity contribution in [1.82, 2.24) is 9.78 Å².